The van der Waals surface area contributed by atoms with Gasteiger partial charge in [0.25, 0.3) is 0 Å². The van der Waals surface area contributed by atoms with Crippen molar-refractivity contribution in [2.75, 3.05) is 26.7 Å². The second-order valence-electron chi connectivity index (χ2n) is 6.91. The summed E-state index contributed by atoms with van der Waals surface area (Å²) in [5, 5.41) is 5.28. The minimum absolute atomic E-state index is 0.0569. The first-order valence-electron chi connectivity index (χ1n) is 9.44. The van der Waals surface area contributed by atoms with Gasteiger partial charge in [-0.3, -0.25) is 4.79 Å². The lowest BCUT2D eigenvalue weighted by molar-refractivity contribution is -0.137. The number of benzene rings is 1. The van der Waals surface area contributed by atoms with Crippen LogP contribution < -0.4 is 14.8 Å². The fraction of sp³-hybridized carbons (Fsp3) is 0.476. The predicted molar refractivity (Wildman–Crippen MR) is 108 cm³/mol. The molecule has 0 spiro atoms. The summed E-state index contributed by atoms with van der Waals surface area (Å²) in [7, 11) is 1.64. The van der Waals surface area contributed by atoms with Gasteiger partial charge >= 0.3 is 0 Å². The van der Waals surface area contributed by atoms with Crippen molar-refractivity contribution < 1.29 is 14.3 Å². The molecule has 0 bridgehead atoms. The van der Waals surface area contributed by atoms with Crippen LogP contribution in [0.25, 0.3) is 0 Å². The van der Waals surface area contributed by atoms with Gasteiger partial charge in [-0.15, -0.1) is 11.3 Å². The Balaban J connectivity index is 1.65. The van der Waals surface area contributed by atoms with Gasteiger partial charge in [0, 0.05) is 23.9 Å². The summed E-state index contributed by atoms with van der Waals surface area (Å²) in [4.78, 5) is 15.9. The van der Waals surface area contributed by atoms with Gasteiger partial charge in [0.2, 0.25) is 5.91 Å². The van der Waals surface area contributed by atoms with Crippen molar-refractivity contribution in [2.24, 2.45) is 11.8 Å². The van der Waals surface area contributed by atoms with Crippen LogP contribution in [-0.2, 0) is 17.9 Å². The number of hydrogen-bond acceptors (Lipinski definition) is 5. The van der Waals surface area contributed by atoms with Crippen molar-refractivity contribution in [2.45, 2.75) is 27.0 Å². The predicted octanol–water partition coefficient (Wildman–Crippen LogP) is 3.54. The molecule has 2 aromatic rings. The SMILES string of the molecule is CCN(Cc1ccc(OCc2cccs2)c(OC)c1)C(=O)C(C)C1CNC1. The number of thiophene rings is 1. The van der Waals surface area contributed by atoms with Crippen LogP contribution in [-0.4, -0.2) is 37.6 Å². The zero-order valence-corrected chi connectivity index (χ0v) is 17.1. The van der Waals surface area contributed by atoms with Crippen LogP contribution in [0.2, 0.25) is 0 Å². The molecule has 3 rings (SSSR count). The van der Waals surface area contributed by atoms with Crippen molar-refractivity contribution in [1.82, 2.24) is 10.2 Å². The van der Waals surface area contributed by atoms with Gasteiger partial charge in [-0.1, -0.05) is 19.1 Å². The van der Waals surface area contributed by atoms with Crippen molar-refractivity contribution in [3.05, 3.63) is 46.2 Å². The summed E-state index contributed by atoms with van der Waals surface area (Å²) in [5.41, 5.74) is 1.05. The molecule has 1 fully saturated rings. The summed E-state index contributed by atoms with van der Waals surface area (Å²) in [5.74, 6) is 2.15. The average molecular weight is 389 g/mol. The summed E-state index contributed by atoms with van der Waals surface area (Å²) in [6.07, 6.45) is 0. The molecule has 1 aromatic carbocycles. The van der Waals surface area contributed by atoms with E-state index in [1.54, 1.807) is 18.4 Å². The minimum Gasteiger partial charge on any atom is -0.493 e. The van der Waals surface area contributed by atoms with E-state index in [-0.39, 0.29) is 11.8 Å². The number of rotatable bonds is 9. The largest absolute Gasteiger partial charge is 0.493 e. The van der Waals surface area contributed by atoms with Crippen molar-refractivity contribution in [1.29, 1.82) is 0 Å². The zero-order valence-electron chi connectivity index (χ0n) is 16.2. The highest BCUT2D eigenvalue weighted by atomic mass is 32.1. The van der Waals surface area contributed by atoms with Crippen molar-refractivity contribution in [3.63, 3.8) is 0 Å². The molecule has 1 atom stereocenters. The van der Waals surface area contributed by atoms with Gasteiger partial charge in [0.05, 0.1) is 7.11 Å². The Hall–Kier alpha value is -2.05. The first-order valence-corrected chi connectivity index (χ1v) is 10.3. The second kappa shape index (κ2) is 9.24. The molecule has 2 heterocycles. The average Bonchev–Trinajstić information content (AvgIpc) is 3.16. The molecule has 146 valence electrons. The highest BCUT2D eigenvalue weighted by Gasteiger charge is 2.31. The van der Waals surface area contributed by atoms with Crippen LogP contribution >= 0.6 is 11.3 Å². The van der Waals surface area contributed by atoms with Gasteiger partial charge in [-0.25, -0.2) is 0 Å². The molecule has 5 nitrogen and oxygen atoms in total. The molecule has 1 aromatic heterocycles. The molecule has 1 unspecified atom stereocenters. The van der Waals surface area contributed by atoms with Crippen LogP contribution in [0.15, 0.2) is 35.7 Å². The number of ether oxygens (including phenoxy) is 2. The minimum atomic E-state index is 0.0569. The summed E-state index contributed by atoms with van der Waals surface area (Å²) in [6, 6.07) is 9.97. The fourth-order valence-corrected chi connectivity index (χ4v) is 3.81. The molecular weight excluding hydrogens is 360 g/mol. The maximum atomic E-state index is 12.8. The summed E-state index contributed by atoms with van der Waals surface area (Å²) in [6.45, 7) is 7.75. The third kappa shape index (κ3) is 4.82. The molecule has 1 amide bonds. The number of carbonyl (C=O) groups excluding carboxylic acids is 1. The van der Waals surface area contributed by atoms with Crippen LogP contribution in [0.4, 0.5) is 0 Å². The van der Waals surface area contributed by atoms with E-state index >= 15 is 0 Å². The molecule has 0 aliphatic carbocycles. The monoisotopic (exact) mass is 388 g/mol. The quantitative estimate of drug-likeness (QED) is 0.714. The molecule has 0 radical (unpaired) electrons. The molecule has 6 heteroatoms. The van der Waals surface area contributed by atoms with Crippen LogP contribution in [0.1, 0.15) is 24.3 Å². The lowest BCUT2D eigenvalue weighted by Crippen LogP contribution is -2.50. The topological polar surface area (TPSA) is 50.8 Å². The maximum Gasteiger partial charge on any atom is 0.226 e. The lowest BCUT2D eigenvalue weighted by atomic mass is 9.88. The molecule has 1 saturated heterocycles. The van der Waals surface area contributed by atoms with E-state index in [2.05, 4.69) is 11.4 Å². The molecular formula is C21H28N2O3S. The summed E-state index contributed by atoms with van der Waals surface area (Å²) >= 11 is 1.67. The van der Waals surface area contributed by atoms with Crippen LogP contribution in [0.5, 0.6) is 11.5 Å². The molecule has 0 saturated carbocycles. The molecule has 1 N–H and O–H groups in total. The number of hydrogen-bond donors (Lipinski definition) is 1. The Morgan fingerprint density at radius 1 is 1.33 bits per heavy atom. The van der Waals surface area contributed by atoms with E-state index in [9.17, 15) is 4.79 Å². The first kappa shape index (κ1) is 19.7. The third-order valence-corrected chi connectivity index (χ3v) is 6.00. The molecule has 1 aliphatic heterocycles. The van der Waals surface area contributed by atoms with E-state index < -0.39 is 0 Å². The number of nitrogens with zero attached hydrogens (tertiary/aromatic N) is 1. The van der Waals surface area contributed by atoms with E-state index in [4.69, 9.17) is 9.47 Å². The first-order chi connectivity index (χ1) is 13.1. The number of nitrogens with one attached hydrogen (secondary N) is 1. The highest BCUT2D eigenvalue weighted by molar-refractivity contribution is 7.09. The third-order valence-electron chi connectivity index (χ3n) is 5.15. The van der Waals surface area contributed by atoms with Crippen LogP contribution in [0, 0.1) is 11.8 Å². The standard InChI is InChI=1S/C21H28N2O3S/c1-4-23(21(24)15(2)17-11-22-12-17)13-16-7-8-19(20(10-16)25-3)26-14-18-6-5-9-27-18/h5-10,15,17,22H,4,11-14H2,1-3H3. The normalized spacial score (nSPS) is 15.1. The zero-order chi connectivity index (χ0) is 19.2. The highest BCUT2D eigenvalue weighted by Crippen LogP contribution is 2.30. The maximum absolute atomic E-state index is 12.8. The Morgan fingerprint density at radius 2 is 2.15 bits per heavy atom. The van der Waals surface area contributed by atoms with Gasteiger partial charge in [0.1, 0.15) is 6.61 Å². The van der Waals surface area contributed by atoms with Gasteiger partial charge in [-0.2, -0.15) is 0 Å². The summed E-state index contributed by atoms with van der Waals surface area (Å²) < 4.78 is 11.4. The Kier molecular flexibility index (Phi) is 6.74. The van der Waals surface area contributed by atoms with Gasteiger partial charge < -0.3 is 19.7 Å². The van der Waals surface area contributed by atoms with Crippen molar-refractivity contribution in [3.8, 4) is 11.5 Å². The molecule has 27 heavy (non-hydrogen) atoms. The van der Waals surface area contributed by atoms with E-state index in [0.29, 0.717) is 31.4 Å². The van der Waals surface area contributed by atoms with Gasteiger partial charge in [-0.05, 0) is 55.1 Å². The number of carbonyl (C=O) groups is 1. The van der Waals surface area contributed by atoms with E-state index in [0.717, 1.165) is 24.4 Å². The van der Waals surface area contributed by atoms with E-state index in [1.807, 2.05) is 48.4 Å². The van der Waals surface area contributed by atoms with Gasteiger partial charge in [0.15, 0.2) is 11.5 Å². The number of methoxy groups -OCH3 is 1. The Morgan fingerprint density at radius 3 is 2.74 bits per heavy atom. The van der Waals surface area contributed by atoms with Crippen LogP contribution in [0.3, 0.4) is 0 Å². The van der Waals surface area contributed by atoms with Crippen molar-refractivity contribution >= 4 is 17.2 Å². The Labute approximate surface area is 165 Å². The molecule has 1 aliphatic rings. The number of amides is 1. The lowest BCUT2D eigenvalue weighted by Gasteiger charge is -2.34. The Bertz CT molecular complexity index is 744. The van der Waals surface area contributed by atoms with E-state index in [1.165, 1.54) is 4.88 Å². The fourth-order valence-electron chi connectivity index (χ4n) is 3.19. The smallest absolute Gasteiger partial charge is 0.226 e. The second-order valence-corrected chi connectivity index (χ2v) is 7.94.